The molecule has 2 aliphatic rings. The van der Waals surface area contributed by atoms with Crippen LogP contribution in [0.2, 0.25) is 0 Å². The molecule has 0 radical (unpaired) electrons. The van der Waals surface area contributed by atoms with Crippen molar-refractivity contribution in [2.24, 2.45) is 5.41 Å². The Morgan fingerprint density at radius 1 is 1.00 bits per heavy atom. The topological polar surface area (TPSA) is 3.24 Å². The van der Waals surface area contributed by atoms with E-state index in [4.69, 9.17) is 0 Å². The lowest BCUT2D eigenvalue weighted by Gasteiger charge is -2.38. The second kappa shape index (κ2) is 7.30. The van der Waals surface area contributed by atoms with Gasteiger partial charge in [-0.25, -0.2) is 8.78 Å². The molecule has 2 fully saturated rings. The summed E-state index contributed by atoms with van der Waals surface area (Å²) in [6.45, 7) is 12.3. The molecule has 1 aliphatic carbocycles. The number of hydrogen-bond donors (Lipinski definition) is 0. The zero-order valence-corrected chi connectivity index (χ0v) is 12.2. The number of halogens is 2. The first kappa shape index (κ1) is 16.8. The summed E-state index contributed by atoms with van der Waals surface area (Å²) in [4.78, 5) is 2.20. The van der Waals surface area contributed by atoms with Crippen molar-refractivity contribution in [1.29, 1.82) is 0 Å². The first-order chi connectivity index (χ1) is 8.10. The Balaban J connectivity index is 0.000000581. The van der Waals surface area contributed by atoms with Crippen LogP contribution in [0.5, 0.6) is 0 Å². The standard InChI is InChI=1S/C10H17F2N.2C2H6/c1-2-6-13-7-5-10(11,12)9(8-13)3-4-9;2*1-2/h2-8H2,1H3;2*1-2H3. The van der Waals surface area contributed by atoms with Gasteiger partial charge >= 0.3 is 0 Å². The van der Waals surface area contributed by atoms with Gasteiger partial charge in [0.2, 0.25) is 0 Å². The lowest BCUT2D eigenvalue weighted by atomic mass is 9.90. The van der Waals surface area contributed by atoms with Crippen molar-refractivity contribution < 1.29 is 8.78 Å². The van der Waals surface area contributed by atoms with Gasteiger partial charge in [0.1, 0.15) is 0 Å². The van der Waals surface area contributed by atoms with E-state index in [0.29, 0.717) is 13.1 Å². The van der Waals surface area contributed by atoms with E-state index >= 15 is 0 Å². The van der Waals surface area contributed by atoms with E-state index in [1.54, 1.807) is 0 Å². The fraction of sp³-hybridized carbons (Fsp3) is 1.00. The molecule has 3 heteroatoms. The predicted octanol–water partition coefficient (Wildman–Crippen LogP) is 4.57. The lowest BCUT2D eigenvalue weighted by molar-refractivity contribution is -0.120. The maximum absolute atomic E-state index is 13.4. The predicted molar refractivity (Wildman–Crippen MR) is 70.7 cm³/mol. The summed E-state index contributed by atoms with van der Waals surface area (Å²) in [6.07, 6.45) is 2.62. The first-order valence-corrected chi connectivity index (χ1v) is 7.20. The third-order valence-corrected chi connectivity index (χ3v) is 3.44. The monoisotopic (exact) mass is 249 g/mol. The molecule has 0 bridgehead atoms. The molecule has 1 spiro atoms. The SMILES string of the molecule is CC.CC.CCCN1CCC(F)(F)C2(CC2)C1. The molecule has 2 rings (SSSR count). The number of likely N-dealkylation sites (tertiary alicyclic amines) is 1. The minimum Gasteiger partial charge on any atom is -0.302 e. The van der Waals surface area contributed by atoms with Gasteiger partial charge in [-0.3, -0.25) is 0 Å². The fourth-order valence-corrected chi connectivity index (χ4v) is 2.37. The first-order valence-electron chi connectivity index (χ1n) is 7.20. The number of rotatable bonds is 2. The lowest BCUT2D eigenvalue weighted by Crippen LogP contribution is -2.48. The number of alkyl halides is 2. The number of hydrogen-bond acceptors (Lipinski definition) is 1. The van der Waals surface area contributed by atoms with Crippen molar-refractivity contribution in [3.8, 4) is 0 Å². The molecule has 0 unspecified atom stereocenters. The van der Waals surface area contributed by atoms with Gasteiger partial charge in [-0.2, -0.15) is 0 Å². The van der Waals surface area contributed by atoms with Crippen LogP contribution in [-0.4, -0.2) is 30.5 Å². The van der Waals surface area contributed by atoms with E-state index in [0.717, 1.165) is 25.8 Å². The van der Waals surface area contributed by atoms with Crippen LogP contribution < -0.4 is 0 Å². The molecule has 1 saturated carbocycles. The summed E-state index contributed by atoms with van der Waals surface area (Å²) in [5, 5.41) is 0. The largest absolute Gasteiger partial charge is 0.302 e. The molecule has 0 N–H and O–H groups in total. The quantitative estimate of drug-likeness (QED) is 0.693. The summed E-state index contributed by atoms with van der Waals surface area (Å²) in [6, 6.07) is 0. The van der Waals surface area contributed by atoms with E-state index in [-0.39, 0.29) is 6.42 Å². The van der Waals surface area contributed by atoms with Gasteiger partial charge in [0.05, 0.1) is 0 Å². The van der Waals surface area contributed by atoms with Crippen LogP contribution >= 0.6 is 0 Å². The zero-order valence-electron chi connectivity index (χ0n) is 12.2. The second-order valence-corrected chi connectivity index (χ2v) is 4.51. The summed E-state index contributed by atoms with van der Waals surface area (Å²) in [5.41, 5.74) is -0.611. The average Bonchev–Trinajstić information content (AvgIpc) is 3.12. The van der Waals surface area contributed by atoms with Gasteiger partial charge in [-0.1, -0.05) is 34.6 Å². The highest BCUT2D eigenvalue weighted by molar-refractivity contribution is 5.08. The molecule has 0 amide bonds. The van der Waals surface area contributed by atoms with Crippen molar-refractivity contribution in [2.75, 3.05) is 19.6 Å². The highest BCUT2D eigenvalue weighted by Gasteiger charge is 2.63. The summed E-state index contributed by atoms with van der Waals surface area (Å²) in [7, 11) is 0. The van der Waals surface area contributed by atoms with E-state index in [9.17, 15) is 8.78 Å². The van der Waals surface area contributed by atoms with Gasteiger partial charge in [0.25, 0.3) is 5.92 Å². The van der Waals surface area contributed by atoms with Gasteiger partial charge in [0.15, 0.2) is 0 Å². The van der Waals surface area contributed by atoms with Gasteiger partial charge in [-0.05, 0) is 25.8 Å². The molecule has 0 aromatic carbocycles. The van der Waals surface area contributed by atoms with E-state index < -0.39 is 11.3 Å². The highest BCUT2D eigenvalue weighted by atomic mass is 19.3. The summed E-state index contributed by atoms with van der Waals surface area (Å²) < 4.78 is 26.9. The Hall–Kier alpha value is -0.180. The van der Waals surface area contributed by atoms with E-state index in [2.05, 4.69) is 11.8 Å². The van der Waals surface area contributed by atoms with Crippen LogP contribution in [0, 0.1) is 5.41 Å². The van der Waals surface area contributed by atoms with Crippen LogP contribution in [0.3, 0.4) is 0 Å². The van der Waals surface area contributed by atoms with Gasteiger partial charge in [0, 0.05) is 24.9 Å². The number of nitrogens with zero attached hydrogens (tertiary/aromatic N) is 1. The maximum Gasteiger partial charge on any atom is 0.256 e. The number of piperidine rings is 1. The molecular weight excluding hydrogens is 220 g/mol. The Bertz CT molecular complexity index is 200. The van der Waals surface area contributed by atoms with Crippen LogP contribution in [0.25, 0.3) is 0 Å². The van der Waals surface area contributed by atoms with E-state index in [1.165, 1.54) is 0 Å². The van der Waals surface area contributed by atoms with Gasteiger partial charge < -0.3 is 4.90 Å². The van der Waals surface area contributed by atoms with Crippen LogP contribution in [-0.2, 0) is 0 Å². The second-order valence-electron chi connectivity index (χ2n) is 4.51. The third kappa shape index (κ3) is 3.90. The molecule has 1 aliphatic heterocycles. The Kier molecular flexibility index (Phi) is 7.22. The minimum atomic E-state index is -2.38. The zero-order chi connectivity index (χ0) is 13.5. The van der Waals surface area contributed by atoms with Crippen molar-refractivity contribution >= 4 is 0 Å². The van der Waals surface area contributed by atoms with Crippen LogP contribution in [0.1, 0.15) is 60.3 Å². The molecule has 0 aromatic rings. The minimum absolute atomic E-state index is 0.0764. The molecule has 0 aromatic heterocycles. The smallest absolute Gasteiger partial charge is 0.256 e. The maximum atomic E-state index is 13.4. The summed E-state index contributed by atoms with van der Waals surface area (Å²) >= 11 is 0. The molecule has 0 atom stereocenters. The molecule has 104 valence electrons. The van der Waals surface area contributed by atoms with Crippen molar-refractivity contribution in [1.82, 2.24) is 4.90 Å². The fourth-order valence-electron chi connectivity index (χ4n) is 2.37. The third-order valence-electron chi connectivity index (χ3n) is 3.44. The Labute approximate surface area is 106 Å². The molecule has 17 heavy (non-hydrogen) atoms. The Morgan fingerprint density at radius 2 is 1.53 bits per heavy atom. The molecular formula is C14H29F2N. The van der Waals surface area contributed by atoms with Crippen molar-refractivity contribution in [3.05, 3.63) is 0 Å². The normalized spacial score (nSPS) is 24.2. The average molecular weight is 249 g/mol. The van der Waals surface area contributed by atoms with Crippen molar-refractivity contribution in [3.63, 3.8) is 0 Å². The van der Waals surface area contributed by atoms with Crippen molar-refractivity contribution in [2.45, 2.75) is 66.2 Å². The van der Waals surface area contributed by atoms with Gasteiger partial charge in [-0.15, -0.1) is 0 Å². The summed E-state index contributed by atoms with van der Waals surface area (Å²) in [5.74, 6) is -2.38. The Morgan fingerprint density at radius 3 is 1.94 bits per heavy atom. The van der Waals surface area contributed by atoms with Crippen LogP contribution in [0.4, 0.5) is 8.78 Å². The molecule has 1 saturated heterocycles. The molecule has 1 heterocycles. The molecule has 1 nitrogen and oxygen atoms in total. The van der Waals surface area contributed by atoms with Crippen LogP contribution in [0.15, 0.2) is 0 Å². The van der Waals surface area contributed by atoms with E-state index in [1.807, 2.05) is 27.7 Å². The highest BCUT2D eigenvalue weighted by Crippen LogP contribution is 2.60.